The van der Waals surface area contributed by atoms with Crippen molar-refractivity contribution in [2.45, 2.75) is 6.54 Å². The summed E-state index contributed by atoms with van der Waals surface area (Å²) >= 11 is 0. The summed E-state index contributed by atoms with van der Waals surface area (Å²) in [7, 11) is 3.16. The van der Waals surface area contributed by atoms with Crippen LogP contribution >= 0.6 is 0 Å². The van der Waals surface area contributed by atoms with E-state index in [2.05, 4.69) is 10.3 Å². The predicted octanol–water partition coefficient (Wildman–Crippen LogP) is 3.49. The van der Waals surface area contributed by atoms with Gasteiger partial charge in [-0.05, 0) is 54.1 Å². The van der Waals surface area contributed by atoms with Gasteiger partial charge >= 0.3 is 0 Å². The number of amides is 2. The van der Waals surface area contributed by atoms with Gasteiger partial charge in [-0.2, -0.15) is 0 Å². The minimum absolute atomic E-state index is 0.0892. The molecular formula is C24H21N3O4. The second-order valence-corrected chi connectivity index (χ2v) is 6.85. The van der Waals surface area contributed by atoms with Crippen LogP contribution in [0.2, 0.25) is 0 Å². The fourth-order valence-corrected chi connectivity index (χ4v) is 3.33. The average molecular weight is 415 g/mol. The lowest BCUT2D eigenvalue weighted by Gasteiger charge is -2.15. The van der Waals surface area contributed by atoms with Crippen LogP contribution in [-0.4, -0.2) is 35.9 Å². The topological polar surface area (TPSA) is 80.8 Å². The van der Waals surface area contributed by atoms with E-state index in [-0.39, 0.29) is 18.1 Å². The summed E-state index contributed by atoms with van der Waals surface area (Å²) in [5, 5.41) is 3.13. The van der Waals surface area contributed by atoms with Crippen molar-refractivity contribution in [3.63, 3.8) is 0 Å². The van der Waals surface area contributed by atoms with Crippen LogP contribution in [0.25, 0.3) is 5.57 Å². The van der Waals surface area contributed by atoms with E-state index in [0.717, 1.165) is 0 Å². The number of methoxy groups -OCH3 is 2. The summed E-state index contributed by atoms with van der Waals surface area (Å²) in [5.74, 6) is 0.575. The van der Waals surface area contributed by atoms with E-state index in [4.69, 9.17) is 9.47 Å². The largest absolute Gasteiger partial charge is 0.497 e. The number of imide groups is 1. The Kier molecular flexibility index (Phi) is 5.66. The van der Waals surface area contributed by atoms with Crippen molar-refractivity contribution >= 4 is 23.1 Å². The van der Waals surface area contributed by atoms with Crippen LogP contribution in [0.4, 0.5) is 5.69 Å². The van der Waals surface area contributed by atoms with Crippen molar-refractivity contribution < 1.29 is 19.1 Å². The lowest BCUT2D eigenvalue weighted by molar-refractivity contribution is -0.137. The summed E-state index contributed by atoms with van der Waals surface area (Å²) in [5.41, 5.74) is 2.45. The molecule has 1 aliphatic heterocycles. The quantitative estimate of drug-likeness (QED) is 0.595. The molecular weight excluding hydrogens is 394 g/mol. The SMILES string of the molecule is COc1ccc(NC2=C(c3ccc(OC)cc3)C(=O)N(Cc3ccccn3)C2=O)cc1. The number of benzene rings is 2. The maximum absolute atomic E-state index is 13.3. The highest BCUT2D eigenvalue weighted by Gasteiger charge is 2.39. The van der Waals surface area contributed by atoms with Gasteiger partial charge in [0.2, 0.25) is 0 Å². The Bertz CT molecular complexity index is 1120. The van der Waals surface area contributed by atoms with Crippen LogP contribution in [0, 0.1) is 0 Å². The van der Waals surface area contributed by atoms with Gasteiger partial charge in [-0.15, -0.1) is 0 Å². The lowest BCUT2D eigenvalue weighted by atomic mass is 10.0. The standard InChI is InChI=1S/C24H21N3O4/c1-30-19-10-6-16(7-11-19)21-22(26-17-8-12-20(31-2)13-9-17)24(29)27(23(21)28)15-18-5-3-4-14-25-18/h3-14,26H,15H2,1-2H3. The van der Waals surface area contributed by atoms with Crippen LogP contribution in [-0.2, 0) is 16.1 Å². The molecule has 0 unspecified atom stereocenters. The Morgan fingerprint density at radius 1 is 0.839 bits per heavy atom. The van der Waals surface area contributed by atoms with Crippen molar-refractivity contribution in [3.05, 3.63) is 89.9 Å². The molecule has 7 nitrogen and oxygen atoms in total. The van der Waals surface area contributed by atoms with Crippen LogP contribution in [0.3, 0.4) is 0 Å². The third-order valence-electron chi connectivity index (χ3n) is 4.95. The van der Waals surface area contributed by atoms with E-state index in [0.29, 0.717) is 34.0 Å². The molecule has 1 aliphatic rings. The molecule has 2 heterocycles. The molecule has 1 aromatic heterocycles. The summed E-state index contributed by atoms with van der Waals surface area (Å²) < 4.78 is 10.4. The molecule has 0 aliphatic carbocycles. The molecule has 0 saturated carbocycles. The fourth-order valence-electron chi connectivity index (χ4n) is 3.33. The zero-order valence-electron chi connectivity index (χ0n) is 17.2. The molecule has 7 heteroatoms. The van der Waals surface area contributed by atoms with Crippen molar-refractivity contribution in [1.29, 1.82) is 0 Å². The van der Waals surface area contributed by atoms with Gasteiger partial charge in [0, 0.05) is 11.9 Å². The molecule has 0 bridgehead atoms. The number of nitrogens with one attached hydrogen (secondary N) is 1. The maximum Gasteiger partial charge on any atom is 0.278 e. The Labute approximate surface area is 179 Å². The van der Waals surface area contributed by atoms with E-state index < -0.39 is 5.91 Å². The number of anilines is 1. The van der Waals surface area contributed by atoms with Crippen LogP contribution in [0.15, 0.2) is 78.6 Å². The van der Waals surface area contributed by atoms with Crippen molar-refractivity contribution in [1.82, 2.24) is 9.88 Å². The molecule has 0 saturated heterocycles. The first kappa shape index (κ1) is 20.2. The number of aromatic nitrogens is 1. The van der Waals surface area contributed by atoms with Crippen LogP contribution in [0.5, 0.6) is 11.5 Å². The molecule has 3 aromatic rings. The average Bonchev–Trinajstić information content (AvgIpc) is 3.04. The first-order valence-corrected chi connectivity index (χ1v) is 9.66. The van der Waals surface area contributed by atoms with E-state index in [1.54, 1.807) is 81.1 Å². The summed E-state index contributed by atoms with van der Waals surface area (Å²) in [6, 6.07) is 19.6. The summed E-state index contributed by atoms with van der Waals surface area (Å²) in [6.45, 7) is 0.0892. The summed E-state index contributed by atoms with van der Waals surface area (Å²) in [4.78, 5) is 32.0. The highest BCUT2D eigenvalue weighted by atomic mass is 16.5. The highest BCUT2D eigenvalue weighted by Crippen LogP contribution is 2.32. The van der Waals surface area contributed by atoms with Crippen LogP contribution < -0.4 is 14.8 Å². The normalized spacial score (nSPS) is 13.5. The number of ether oxygens (including phenoxy) is 2. The first-order valence-electron chi connectivity index (χ1n) is 9.66. The molecule has 1 N–H and O–H groups in total. The predicted molar refractivity (Wildman–Crippen MR) is 116 cm³/mol. The Morgan fingerprint density at radius 2 is 1.48 bits per heavy atom. The zero-order valence-corrected chi connectivity index (χ0v) is 17.2. The number of rotatable bonds is 7. The van der Waals surface area contributed by atoms with Gasteiger partial charge in [0.05, 0.1) is 32.0 Å². The third kappa shape index (κ3) is 4.11. The lowest BCUT2D eigenvalue weighted by Crippen LogP contribution is -2.32. The number of nitrogens with zero attached hydrogens (tertiary/aromatic N) is 2. The second-order valence-electron chi connectivity index (χ2n) is 6.85. The number of pyridine rings is 1. The molecule has 31 heavy (non-hydrogen) atoms. The van der Waals surface area contributed by atoms with E-state index in [1.807, 2.05) is 6.07 Å². The number of hydrogen-bond acceptors (Lipinski definition) is 6. The zero-order chi connectivity index (χ0) is 21.8. The Hall–Kier alpha value is -4.13. The Balaban J connectivity index is 1.72. The fraction of sp³-hybridized carbons (Fsp3) is 0.125. The molecule has 2 amide bonds. The van der Waals surface area contributed by atoms with E-state index in [9.17, 15) is 9.59 Å². The molecule has 156 valence electrons. The monoisotopic (exact) mass is 415 g/mol. The van der Waals surface area contributed by atoms with Crippen molar-refractivity contribution in [3.8, 4) is 11.5 Å². The Morgan fingerprint density at radius 3 is 2.06 bits per heavy atom. The molecule has 0 radical (unpaired) electrons. The van der Waals surface area contributed by atoms with Gasteiger partial charge in [-0.25, -0.2) is 0 Å². The minimum Gasteiger partial charge on any atom is -0.497 e. The van der Waals surface area contributed by atoms with Gasteiger partial charge in [0.15, 0.2) is 0 Å². The number of hydrogen-bond donors (Lipinski definition) is 1. The molecule has 0 fully saturated rings. The van der Waals surface area contributed by atoms with Crippen molar-refractivity contribution in [2.24, 2.45) is 0 Å². The first-order chi connectivity index (χ1) is 15.1. The third-order valence-corrected chi connectivity index (χ3v) is 4.95. The highest BCUT2D eigenvalue weighted by molar-refractivity contribution is 6.36. The number of carbonyl (C=O) groups is 2. The van der Waals surface area contributed by atoms with Crippen molar-refractivity contribution in [2.75, 3.05) is 19.5 Å². The van der Waals surface area contributed by atoms with Crippen LogP contribution in [0.1, 0.15) is 11.3 Å². The molecule has 0 atom stereocenters. The minimum atomic E-state index is -0.405. The molecule has 2 aromatic carbocycles. The maximum atomic E-state index is 13.3. The van der Waals surface area contributed by atoms with E-state index in [1.165, 1.54) is 4.90 Å². The summed E-state index contributed by atoms with van der Waals surface area (Å²) in [6.07, 6.45) is 1.63. The van der Waals surface area contributed by atoms with Gasteiger partial charge in [0.25, 0.3) is 11.8 Å². The molecule has 4 rings (SSSR count). The van der Waals surface area contributed by atoms with E-state index >= 15 is 0 Å². The second kappa shape index (κ2) is 8.71. The van der Waals surface area contributed by atoms with Gasteiger partial charge in [0.1, 0.15) is 17.2 Å². The number of carbonyl (C=O) groups excluding carboxylic acids is 2. The van der Waals surface area contributed by atoms with Gasteiger partial charge in [-0.1, -0.05) is 18.2 Å². The van der Waals surface area contributed by atoms with Gasteiger partial charge < -0.3 is 14.8 Å². The smallest absolute Gasteiger partial charge is 0.278 e. The van der Waals surface area contributed by atoms with Gasteiger partial charge in [-0.3, -0.25) is 19.5 Å². The molecule has 0 spiro atoms.